The molecule has 0 aliphatic carbocycles. The molecule has 11 nitrogen and oxygen atoms in total. The lowest BCUT2D eigenvalue weighted by atomic mass is 10.1. The molecule has 0 radical (unpaired) electrons. The molecule has 3 aromatic rings. The number of H-pyrrole nitrogens is 1. The van der Waals surface area contributed by atoms with Crippen molar-refractivity contribution in [3.8, 4) is 0 Å². The highest BCUT2D eigenvalue weighted by atomic mass is 35.5. The molecule has 40 heavy (non-hydrogen) atoms. The van der Waals surface area contributed by atoms with Gasteiger partial charge in [-0.2, -0.15) is 13.2 Å². The summed E-state index contributed by atoms with van der Waals surface area (Å²) in [6.07, 6.45) is -7.17. The molecule has 0 amide bonds. The Bertz CT molecular complexity index is 1550. The molecule has 1 unspecified atom stereocenters. The number of aromatic amines is 1. The first-order valence-electron chi connectivity index (χ1n) is 12.1. The zero-order valence-corrected chi connectivity index (χ0v) is 21.4. The first-order valence-corrected chi connectivity index (χ1v) is 12.5. The average Bonchev–Trinajstić information content (AvgIpc) is 3.24. The van der Waals surface area contributed by atoms with Crippen LogP contribution in [0, 0.1) is 0 Å². The number of piperazine rings is 1. The van der Waals surface area contributed by atoms with Gasteiger partial charge in [-0.1, -0.05) is 54.1 Å². The molecule has 210 valence electrons. The SMILES string of the molecule is O=C(Cc1ccccc1)n1c2c(c(=O)[nH]c1=O)N(c1ccccc1Cl)C(N1CCNCC1)N2OC(=O)C(F)(F)F. The van der Waals surface area contributed by atoms with E-state index in [0.717, 1.165) is 0 Å². The van der Waals surface area contributed by atoms with E-state index in [9.17, 15) is 32.3 Å². The summed E-state index contributed by atoms with van der Waals surface area (Å²) in [4.78, 5) is 62.0. The number of carbonyl (C=O) groups excluding carboxylic acids is 2. The van der Waals surface area contributed by atoms with E-state index in [1.807, 2.05) is 0 Å². The van der Waals surface area contributed by atoms with Crippen molar-refractivity contribution in [3.05, 3.63) is 86.0 Å². The Labute approximate surface area is 229 Å². The highest BCUT2D eigenvalue weighted by Crippen LogP contribution is 2.45. The van der Waals surface area contributed by atoms with Crippen molar-refractivity contribution >= 4 is 40.7 Å². The van der Waals surface area contributed by atoms with Gasteiger partial charge in [0.05, 0.1) is 17.1 Å². The van der Waals surface area contributed by atoms with E-state index in [4.69, 9.17) is 16.4 Å². The highest BCUT2D eigenvalue weighted by molar-refractivity contribution is 6.33. The second-order valence-electron chi connectivity index (χ2n) is 8.98. The first kappa shape index (κ1) is 27.4. The Morgan fingerprint density at radius 3 is 2.30 bits per heavy atom. The zero-order chi connectivity index (χ0) is 28.6. The van der Waals surface area contributed by atoms with E-state index in [1.165, 1.54) is 17.0 Å². The molecule has 2 aliphatic rings. The lowest BCUT2D eigenvalue weighted by Crippen LogP contribution is -2.60. The fraction of sp³-hybridized carbons (Fsp3) is 0.280. The van der Waals surface area contributed by atoms with Crippen LogP contribution >= 0.6 is 11.6 Å². The zero-order valence-electron chi connectivity index (χ0n) is 20.7. The molecule has 1 aromatic heterocycles. The largest absolute Gasteiger partial charge is 0.493 e. The maximum absolute atomic E-state index is 13.5. The number of halogens is 4. The van der Waals surface area contributed by atoms with Crippen molar-refractivity contribution in [2.45, 2.75) is 18.9 Å². The highest BCUT2D eigenvalue weighted by Gasteiger charge is 2.52. The third kappa shape index (κ3) is 5.08. The van der Waals surface area contributed by atoms with Crippen molar-refractivity contribution in [1.82, 2.24) is 19.8 Å². The molecule has 2 aromatic carbocycles. The Balaban J connectivity index is 1.77. The van der Waals surface area contributed by atoms with Gasteiger partial charge in [0.2, 0.25) is 12.2 Å². The maximum Gasteiger partial charge on any atom is 0.493 e. The predicted octanol–water partition coefficient (Wildman–Crippen LogP) is 2.24. The number of nitrogens with one attached hydrogen (secondary N) is 2. The van der Waals surface area contributed by atoms with E-state index in [0.29, 0.717) is 28.3 Å². The number of nitrogens with zero attached hydrogens (tertiary/aromatic N) is 4. The van der Waals surface area contributed by atoms with Crippen molar-refractivity contribution in [2.24, 2.45) is 0 Å². The molecule has 5 rings (SSSR count). The van der Waals surface area contributed by atoms with Crippen LogP contribution in [0.4, 0.5) is 30.4 Å². The predicted molar refractivity (Wildman–Crippen MR) is 139 cm³/mol. The minimum absolute atomic E-state index is 0.116. The normalized spacial score (nSPS) is 17.6. The number of carbonyl (C=O) groups is 2. The minimum atomic E-state index is -5.42. The monoisotopic (exact) mass is 578 g/mol. The lowest BCUT2D eigenvalue weighted by molar-refractivity contribution is -0.203. The molecular weight excluding hydrogens is 557 g/mol. The summed E-state index contributed by atoms with van der Waals surface area (Å²) in [5, 5.41) is 3.73. The molecule has 0 spiro atoms. The topological polar surface area (TPSA) is 120 Å². The number of rotatable bonds is 5. The molecule has 15 heteroatoms. The summed E-state index contributed by atoms with van der Waals surface area (Å²) in [5.74, 6) is -4.11. The van der Waals surface area contributed by atoms with Crippen LogP contribution in [0.25, 0.3) is 0 Å². The minimum Gasteiger partial charge on any atom is -0.327 e. The number of para-hydroxylation sites is 1. The van der Waals surface area contributed by atoms with Crippen molar-refractivity contribution in [1.29, 1.82) is 0 Å². The van der Waals surface area contributed by atoms with Gasteiger partial charge >= 0.3 is 17.8 Å². The van der Waals surface area contributed by atoms with Crippen LogP contribution in [0.1, 0.15) is 10.4 Å². The second-order valence-corrected chi connectivity index (χ2v) is 9.39. The summed E-state index contributed by atoms with van der Waals surface area (Å²) in [6.45, 7) is 1.33. The fourth-order valence-electron chi connectivity index (χ4n) is 4.69. The van der Waals surface area contributed by atoms with Crippen LogP contribution in [0.5, 0.6) is 0 Å². The van der Waals surface area contributed by atoms with Gasteiger partial charge in [0.1, 0.15) is 0 Å². The summed E-state index contributed by atoms with van der Waals surface area (Å²) < 4.78 is 40.9. The van der Waals surface area contributed by atoms with Crippen LogP contribution < -0.4 is 26.5 Å². The standard InChI is InChI=1S/C25H22ClF3N6O5/c26-16-8-4-5-9-17(16)33-19-20(37)31-23(39)34(18(36)14-15-6-2-1-3-7-15)21(19)35(40-22(38)25(27,28)29)24(33)32-12-10-30-11-13-32/h1-9,24,30H,10-14H2,(H,31,37,39). The number of fused-ring (bicyclic) bond motifs is 1. The van der Waals surface area contributed by atoms with Gasteiger partial charge in [0.25, 0.3) is 5.56 Å². The summed E-state index contributed by atoms with van der Waals surface area (Å²) >= 11 is 6.47. The first-order chi connectivity index (χ1) is 19.1. The third-order valence-corrected chi connectivity index (χ3v) is 6.72. The van der Waals surface area contributed by atoms with E-state index in [1.54, 1.807) is 47.4 Å². The number of hydroxylamine groups is 1. The Morgan fingerprint density at radius 1 is 1.00 bits per heavy atom. The number of benzene rings is 2. The van der Waals surface area contributed by atoms with Crippen molar-refractivity contribution in [2.75, 3.05) is 36.1 Å². The van der Waals surface area contributed by atoms with Gasteiger partial charge < -0.3 is 10.2 Å². The average molecular weight is 579 g/mol. The molecule has 1 saturated heterocycles. The summed E-state index contributed by atoms with van der Waals surface area (Å²) in [7, 11) is 0. The van der Waals surface area contributed by atoms with Crippen LogP contribution in [0.3, 0.4) is 0 Å². The molecule has 2 N–H and O–H groups in total. The van der Waals surface area contributed by atoms with E-state index < -0.39 is 47.1 Å². The van der Waals surface area contributed by atoms with Crippen LogP contribution in [0.2, 0.25) is 5.02 Å². The maximum atomic E-state index is 13.5. The third-order valence-electron chi connectivity index (χ3n) is 6.40. The molecule has 3 heterocycles. The van der Waals surface area contributed by atoms with Crippen molar-refractivity contribution < 1.29 is 27.6 Å². The Hall–Kier alpha value is -4.14. The molecule has 1 atom stereocenters. The number of hydrogen-bond donors (Lipinski definition) is 2. The fourth-order valence-corrected chi connectivity index (χ4v) is 4.92. The smallest absolute Gasteiger partial charge is 0.327 e. The second kappa shape index (κ2) is 10.8. The Kier molecular flexibility index (Phi) is 7.40. The van der Waals surface area contributed by atoms with Crippen LogP contribution in [-0.4, -0.2) is 65.0 Å². The van der Waals surface area contributed by atoms with E-state index in [-0.39, 0.29) is 30.2 Å². The molecule has 0 bridgehead atoms. The summed E-state index contributed by atoms with van der Waals surface area (Å²) in [6, 6.07) is 14.5. The van der Waals surface area contributed by atoms with Crippen LogP contribution in [0.15, 0.2) is 64.2 Å². The van der Waals surface area contributed by atoms with E-state index in [2.05, 4.69) is 10.3 Å². The summed E-state index contributed by atoms with van der Waals surface area (Å²) in [5.41, 5.74) is -1.96. The Morgan fingerprint density at radius 2 is 1.65 bits per heavy atom. The van der Waals surface area contributed by atoms with Gasteiger partial charge in [0, 0.05) is 26.2 Å². The number of anilines is 3. The van der Waals surface area contributed by atoms with Gasteiger partial charge in [0.15, 0.2) is 11.5 Å². The van der Waals surface area contributed by atoms with Gasteiger partial charge in [-0.15, -0.1) is 5.06 Å². The lowest BCUT2D eigenvalue weighted by Gasteiger charge is -2.41. The molecule has 1 fully saturated rings. The number of aromatic nitrogens is 2. The molecule has 0 saturated carbocycles. The van der Waals surface area contributed by atoms with Crippen LogP contribution in [-0.2, 0) is 16.1 Å². The van der Waals surface area contributed by atoms with Gasteiger partial charge in [-0.25, -0.2) is 14.2 Å². The van der Waals surface area contributed by atoms with Gasteiger partial charge in [-0.05, 0) is 17.7 Å². The molecule has 2 aliphatic heterocycles. The van der Waals surface area contributed by atoms with E-state index >= 15 is 0 Å². The van der Waals surface area contributed by atoms with Crippen molar-refractivity contribution in [3.63, 3.8) is 0 Å². The number of hydrogen-bond acceptors (Lipinski definition) is 9. The number of alkyl halides is 3. The quantitative estimate of drug-likeness (QED) is 0.470. The van der Waals surface area contributed by atoms with Gasteiger partial charge in [-0.3, -0.25) is 24.4 Å². The molecular formula is C25H22ClF3N6O5.